The molecule has 2 aromatic rings. The number of thiophene rings is 1. The lowest BCUT2D eigenvalue weighted by molar-refractivity contribution is 0.100. The van der Waals surface area contributed by atoms with Crippen molar-refractivity contribution in [2.75, 3.05) is 0 Å². The van der Waals surface area contributed by atoms with Crippen molar-refractivity contribution in [3.63, 3.8) is 0 Å². The van der Waals surface area contributed by atoms with Crippen molar-refractivity contribution < 1.29 is 4.79 Å². The summed E-state index contributed by atoms with van der Waals surface area (Å²) in [5.74, 6) is -0.356. The van der Waals surface area contributed by atoms with Crippen molar-refractivity contribution in [2.45, 2.75) is 32.6 Å². The molecule has 0 radical (unpaired) electrons. The average Bonchev–Trinajstić information content (AvgIpc) is 2.85. The standard InChI is InChI=1S/C17H18N2OS/c1-11-6-8-12(9-7-11)10-19-17-15(16(18)20)13-4-2-3-5-14(13)21-17/h6-10H,2-5H2,1H3,(H2,18,20)/b19-10+. The number of rotatable bonds is 3. The number of fused-ring (bicyclic) bond motifs is 1. The highest BCUT2D eigenvalue weighted by Gasteiger charge is 2.23. The normalized spacial score (nSPS) is 14.3. The summed E-state index contributed by atoms with van der Waals surface area (Å²) in [7, 11) is 0. The van der Waals surface area contributed by atoms with Crippen molar-refractivity contribution in [3.05, 3.63) is 51.4 Å². The van der Waals surface area contributed by atoms with Gasteiger partial charge in [-0.1, -0.05) is 29.8 Å². The lowest BCUT2D eigenvalue weighted by Gasteiger charge is -2.10. The van der Waals surface area contributed by atoms with Crippen LogP contribution in [0.15, 0.2) is 29.3 Å². The second-order valence-electron chi connectivity index (χ2n) is 5.42. The highest BCUT2D eigenvalue weighted by atomic mass is 32.1. The third-order valence-corrected chi connectivity index (χ3v) is 5.01. The Morgan fingerprint density at radius 1 is 1.24 bits per heavy atom. The number of hydrogen-bond acceptors (Lipinski definition) is 3. The van der Waals surface area contributed by atoms with E-state index in [2.05, 4.69) is 24.0 Å². The topological polar surface area (TPSA) is 55.4 Å². The van der Waals surface area contributed by atoms with Crippen LogP contribution >= 0.6 is 11.3 Å². The van der Waals surface area contributed by atoms with Gasteiger partial charge in [0, 0.05) is 11.1 Å². The molecule has 0 bridgehead atoms. The summed E-state index contributed by atoms with van der Waals surface area (Å²) in [6.45, 7) is 2.05. The minimum atomic E-state index is -0.356. The number of carbonyl (C=O) groups is 1. The van der Waals surface area contributed by atoms with Crippen LogP contribution in [0.5, 0.6) is 0 Å². The number of nitrogens with zero attached hydrogens (tertiary/aromatic N) is 1. The number of nitrogens with two attached hydrogens (primary N) is 1. The molecule has 1 aromatic carbocycles. The van der Waals surface area contributed by atoms with Crippen LogP contribution in [0.1, 0.15) is 44.8 Å². The molecule has 1 aliphatic rings. The summed E-state index contributed by atoms with van der Waals surface area (Å²) in [6.07, 6.45) is 6.12. The van der Waals surface area contributed by atoms with E-state index in [1.807, 2.05) is 18.3 Å². The Morgan fingerprint density at radius 2 is 1.95 bits per heavy atom. The third kappa shape index (κ3) is 2.90. The summed E-state index contributed by atoms with van der Waals surface area (Å²) in [4.78, 5) is 17.6. The predicted octanol–water partition coefficient (Wildman–Crippen LogP) is 3.78. The van der Waals surface area contributed by atoms with E-state index >= 15 is 0 Å². The Kier molecular flexibility index (Phi) is 3.88. The number of hydrogen-bond donors (Lipinski definition) is 1. The van der Waals surface area contributed by atoms with Crippen molar-refractivity contribution >= 4 is 28.5 Å². The molecule has 21 heavy (non-hydrogen) atoms. The quantitative estimate of drug-likeness (QED) is 0.861. The molecule has 4 heteroatoms. The molecule has 3 rings (SSSR count). The highest BCUT2D eigenvalue weighted by molar-refractivity contribution is 7.16. The van der Waals surface area contributed by atoms with E-state index < -0.39 is 0 Å². The van der Waals surface area contributed by atoms with E-state index in [0.29, 0.717) is 5.56 Å². The molecule has 0 unspecified atom stereocenters. The Hall–Kier alpha value is -1.94. The van der Waals surface area contributed by atoms with Crippen LogP contribution in [0, 0.1) is 6.92 Å². The summed E-state index contributed by atoms with van der Waals surface area (Å²) < 4.78 is 0. The monoisotopic (exact) mass is 298 g/mol. The molecule has 0 aliphatic heterocycles. The molecule has 1 amide bonds. The predicted molar refractivity (Wildman–Crippen MR) is 87.9 cm³/mol. The lowest BCUT2D eigenvalue weighted by Crippen LogP contribution is -2.14. The molecule has 108 valence electrons. The maximum Gasteiger partial charge on any atom is 0.252 e. The molecule has 1 heterocycles. The number of aryl methyl sites for hydroxylation is 2. The zero-order valence-corrected chi connectivity index (χ0v) is 12.9. The van der Waals surface area contributed by atoms with Gasteiger partial charge in [-0.15, -0.1) is 11.3 Å². The lowest BCUT2D eigenvalue weighted by atomic mass is 9.95. The van der Waals surface area contributed by atoms with Crippen molar-refractivity contribution in [1.29, 1.82) is 0 Å². The fourth-order valence-corrected chi connectivity index (χ4v) is 3.92. The van der Waals surface area contributed by atoms with Crippen LogP contribution in [-0.2, 0) is 12.8 Å². The minimum Gasteiger partial charge on any atom is -0.365 e. The van der Waals surface area contributed by atoms with Gasteiger partial charge in [-0.25, -0.2) is 4.99 Å². The Morgan fingerprint density at radius 3 is 2.67 bits per heavy atom. The molecule has 2 N–H and O–H groups in total. The molecule has 1 aromatic heterocycles. The first-order chi connectivity index (χ1) is 10.1. The largest absolute Gasteiger partial charge is 0.365 e. The maximum absolute atomic E-state index is 11.8. The van der Waals surface area contributed by atoms with Crippen LogP contribution in [0.25, 0.3) is 0 Å². The molecular formula is C17H18N2OS. The van der Waals surface area contributed by atoms with E-state index in [-0.39, 0.29) is 5.91 Å². The van der Waals surface area contributed by atoms with E-state index in [1.54, 1.807) is 11.3 Å². The van der Waals surface area contributed by atoms with Crippen molar-refractivity contribution in [3.8, 4) is 0 Å². The Balaban J connectivity index is 1.96. The van der Waals surface area contributed by atoms with Gasteiger partial charge in [0.25, 0.3) is 5.91 Å². The second-order valence-corrected chi connectivity index (χ2v) is 6.51. The summed E-state index contributed by atoms with van der Waals surface area (Å²) in [5.41, 5.74) is 9.59. The first kappa shape index (κ1) is 14.0. The van der Waals surface area contributed by atoms with E-state index in [9.17, 15) is 4.79 Å². The highest BCUT2D eigenvalue weighted by Crippen LogP contribution is 2.39. The fourth-order valence-electron chi connectivity index (χ4n) is 2.68. The van der Waals surface area contributed by atoms with Gasteiger partial charge in [-0.05, 0) is 43.7 Å². The first-order valence-electron chi connectivity index (χ1n) is 7.20. The van der Waals surface area contributed by atoms with Gasteiger partial charge in [0.15, 0.2) is 0 Å². The zero-order valence-electron chi connectivity index (χ0n) is 12.1. The average molecular weight is 298 g/mol. The molecule has 0 atom stereocenters. The number of primary amides is 1. The van der Waals surface area contributed by atoms with Gasteiger partial charge >= 0.3 is 0 Å². The molecular weight excluding hydrogens is 280 g/mol. The van der Waals surface area contributed by atoms with Gasteiger partial charge in [0.1, 0.15) is 5.00 Å². The zero-order chi connectivity index (χ0) is 14.8. The molecule has 0 saturated carbocycles. The van der Waals surface area contributed by atoms with Crippen LogP contribution in [0.4, 0.5) is 5.00 Å². The van der Waals surface area contributed by atoms with Crippen LogP contribution < -0.4 is 5.73 Å². The number of amides is 1. The summed E-state index contributed by atoms with van der Waals surface area (Å²) in [6, 6.07) is 8.15. The van der Waals surface area contributed by atoms with Gasteiger partial charge in [-0.3, -0.25) is 4.79 Å². The number of carbonyl (C=O) groups excluding carboxylic acids is 1. The fraction of sp³-hybridized carbons (Fsp3) is 0.294. The SMILES string of the molecule is Cc1ccc(/C=N/c2sc3c(c2C(N)=O)CCCC3)cc1. The number of aliphatic imine (C=N–C) groups is 1. The molecule has 3 nitrogen and oxygen atoms in total. The minimum absolute atomic E-state index is 0.356. The van der Waals surface area contributed by atoms with E-state index in [1.165, 1.54) is 16.9 Å². The Bertz CT molecular complexity index is 698. The molecule has 0 spiro atoms. The van der Waals surface area contributed by atoms with Gasteiger partial charge < -0.3 is 5.73 Å². The third-order valence-electron chi connectivity index (χ3n) is 3.81. The van der Waals surface area contributed by atoms with Crippen LogP contribution in [-0.4, -0.2) is 12.1 Å². The maximum atomic E-state index is 11.8. The van der Waals surface area contributed by atoms with E-state index in [0.717, 1.165) is 35.4 Å². The molecule has 0 saturated heterocycles. The Labute approximate surface area is 128 Å². The summed E-state index contributed by atoms with van der Waals surface area (Å²) >= 11 is 1.61. The summed E-state index contributed by atoms with van der Waals surface area (Å²) in [5, 5.41) is 0.759. The molecule has 0 fully saturated rings. The first-order valence-corrected chi connectivity index (χ1v) is 8.02. The molecule has 1 aliphatic carbocycles. The van der Waals surface area contributed by atoms with E-state index in [4.69, 9.17) is 5.73 Å². The van der Waals surface area contributed by atoms with Gasteiger partial charge in [-0.2, -0.15) is 0 Å². The second kappa shape index (κ2) is 5.82. The van der Waals surface area contributed by atoms with Crippen molar-refractivity contribution in [2.24, 2.45) is 10.7 Å². The van der Waals surface area contributed by atoms with Crippen LogP contribution in [0.3, 0.4) is 0 Å². The van der Waals surface area contributed by atoms with Gasteiger partial charge in [0.05, 0.1) is 5.56 Å². The van der Waals surface area contributed by atoms with Crippen LogP contribution in [0.2, 0.25) is 0 Å². The van der Waals surface area contributed by atoms with Crippen molar-refractivity contribution in [1.82, 2.24) is 0 Å². The number of benzene rings is 1. The van der Waals surface area contributed by atoms with Gasteiger partial charge in [0.2, 0.25) is 0 Å². The smallest absolute Gasteiger partial charge is 0.252 e.